The Morgan fingerprint density at radius 3 is 2.87 bits per heavy atom. The molecule has 0 radical (unpaired) electrons. The van der Waals surface area contributed by atoms with Crippen LogP contribution in [0.25, 0.3) is 11.0 Å². The Morgan fingerprint density at radius 1 is 1.32 bits per heavy atom. The maximum absolute atomic E-state index is 13.0. The van der Waals surface area contributed by atoms with Crippen molar-refractivity contribution in [2.75, 3.05) is 13.2 Å². The molecule has 1 aromatic carbocycles. The molecule has 2 aromatic rings. The van der Waals surface area contributed by atoms with Crippen LogP contribution >= 0.6 is 0 Å². The first-order valence-corrected chi connectivity index (χ1v) is 11.5. The Balaban J connectivity index is 1.49. The van der Waals surface area contributed by atoms with Crippen LogP contribution in [-0.4, -0.2) is 40.5 Å². The van der Waals surface area contributed by atoms with E-state index in [-0.39, 0.29) is 24.3 Å². The summed E-state index contributed by atoms with van der Waals surface area (Å²) in [6.45, 7) is 2.92. The number of benzene rings is 1. The summed E-state index contributed by atoms with van der Waals surface area (Å²) in [5.41, 5.74) is 1.83. The number of hydrogen-bond acceptors (Lipinski definition) is 5. The number of hydrogen-bond donors (Lipinski definition) is 3. The van der Waals surface area contributed by atoms with Crippen LogP contribution in [0.5, 0.6) is 0 Å². The van der Waals surface area contributed by atoms with Crippen LogP contribution in [-0.2, 0) is 20.8 Å². The van der Waals surface area contributed by atoms with E-state index in [2.05, 4.69) is 15.3 Å². The number of amides is 1. The van der Waals surface area contributed by atoms with Gasteiger partial charge in [0.15, 0.2) is 5.76 Å². The van der Waals surface area contributed by atoms with E-state index in [1.165, 1.54) is 25.7 Å². The Kier molecular flexibility index (Phi) is 7.25. The topological polar surface area (TPSA) is 96.5 Å². The quantitative estimate of drug-likeness (QED) is 0.568. The predicted molar refractivity (Wildman–Crippen MR) is 118 cm³/mol. The van der Waals surface area contributed by atoms with Crippen molar-refractivity contribution in [3.8, 4) is 0 Å². The first-order valence-electron chi connectivity index (χ1n) is 11.5. The largest absolute Gasteiger partial charge is 0.459 e. The molecule has 1 saturated carbocycles. The van der Waals surface area contributed by atoms with Gasteiger partial charge in [0.2, 0.25) is 6.29 Å². The fourth-order valence-electron chi connectivity index (χ4n) is 5.01. The highest BCUT2D eigenvalue weighted by molar-refractivity contribution is 5.91. The van der Waals surface area contributed by atoms with E-state index >= 15 is 0 Å². The number of aliphatic hydroxyl groups excluding tert-OH is 1. The van der Waals surface area contributed by atoms with Crippen molar-refractivity contribution < 1.29 is 19.4 Å². The Bertz CT molecular complexity index is 870. The fourth-order valence-corrected chi connectivity index (χ4v) is 5.01. The number of aromatic amines is 1. The van der Waals surface area contributed by atoms with Crippen LogP contribution in [0.3, 0.4) is 0 Å². The van der Waals surface area contributed by atoms with Gasteiger partial charge in [-0.25, -0.2) is 4.98 Å². The van der Waals surface area contributed by atoms with Gasteiger partial charge in [0.05, 0.1) is 17.6 Å². The van der Waals surface area contributed by atoms with Crippen molar-refractivity contribution in [3.05, 3.63) is 41.9 Å². The highest BCUT2D eigenvalue weighted by Gasteiger charge is 2.41. The van der Waals surface area contributed by atoms with E-state index < -0.39 is 6.29 Å². The molecule has 2 aliphatic rings. The van der Waals surface area contributed by atoms with Crippen molar-refractivity contribution in [1.29, 1.82) is 0 Å². The fraction of sp³-hybridized carbons (Fsp3) is 0.583. The standard InChI is InChI=1S/C24H33N3O4/c1-2-30-24-17(10-7-13-28)18(16-8-3-4-9-16)14-21(31-24)23(29)25-15-22-26-19-11-5-6-12-20(19)27-22/h5-6,11-12,14,16-18,24,28H,2-4,7-10,13,15H2,1H3,(H,25,29)(H,26,27)/t17-,18-,24-/m0/s1. The summed E-state index contributed by atoms with van der Waals surface area (Å²) in [4.78, 5) is 20.7. The SMILES string of the molecule is CCO[C@H]1OC(C(=O)NCc2nc3ccccc3[nH]2)=C[C@@H](C2CCCC2)[C@@H]1CCCO. The van der Waals surface area contributed by atoms with Gasteiger partial charge in [-0.15, -0.1) is 0 Å². The Labute approximate surface area is 183 Å². The second-order valence-electron chi connectivity index (χ2n) is 8.51. The third-order valence-corrected chi connectivity index (χ3v) is 6.48. The third-order valence-electron chi connectivity index (χ3n) is 6.48. The highest BCUT2D eigenvalue weighted by Crippen LogP contribution is 2.43. The van der Waals surface area contributed by atoms with Gasteiger partial charge >= 0.3 is 0 Å². The number of nitrogens with zero attached hydrogens (tertiary/aromatic N) is 1. The third kappa shape index (κ3) is 5.10. The smallest absolute Gasteiger partial charge is 0.286 e. The molecule has 0 saturated heterocycles. The lowest BCUT2D eigenvalue weighted by Gasteiger charge is -2.39. The van der Waals surface area contributed by atoms with Crippen LogP contribution in [0.15, 0.2) is 36.1 Å². The van der Waals surface area contributed by atoms with Crippen LogP contribution in [0.1, 0.15) is 51.3 Å². The molecule has 1 amide bonds. The van der Waals surface area contributed by atoms with E-state index in [9.17, 15) is 9.90 Å². The Morgan fingerprint density at radius 2 is 2.13 bits per heavy atom. The van der Waals surface area contributed by atoms with Gasteiger partial charge in [-0.1, -0.05) is 25.0 Å². The van der Waals surface area contributed by atoms with E-state index in [4.69, 9.17) is 9.47 Å². The molecule has 0 unspecified atom stereocenters. The van der Waals surface area contributed by atoms with E-state index in [0.29, 0.717) is 37.1 Å². The lowest BCUT2D eigenvalue weighted by Crippen LogP contribution is -2.41. The molecule has 0 bridgehead atoms. The van der Waals surface area contributed by atoms with Crippen molar-refractivity contribution in [2.45, 2.75) is 58.3 Å². The molecule has 1 aromatic heterocycles. The number of H-pyrrole nitrogens is 1. The van der Waals surface area contributed by atoms with Gasteiger partial charge in [-0.05, 0) is 62.7 Å². The molecule has 7 nitrogen and oxygen atoms in total. The number of rotatable bonds is 9. The van der Waals surface area contributed by atoms with Crippen LogP contribution in [0, 0.1) is 17.8 Å². The molecule has 1 aliphatic heterocycles. The summed E-state index contributed by atoms with van der Waals surface area (Å²) in [6, 6.07) is 7.80. The number of imidazole rings is 1. The minimum atomic E-state index is -0.459. The van der Waals surface area contributed by atoms with Crippen molar-refractivity contribution in [2.24, 2.45) is 17.8 Å². The number of aromatic nitrogens is 2. The summed E-state index contributed by atoms with van der Waals surface area (Å²) < 4.78 is 12.0. The van der Waals surface area contributed by atoms with Crippen molar-refractivity contribution in [1.82, 2.24) is 15.3 Å². The van der Waals surface area contributed by atoms with Crippen LogP contribution < -0.4 is 5.32 Å². The number of allylic oxidation sites excluding steroid dienone is 1. The number of nitrogens with one attached hydrogen (secondary N) is 2. The molecular formula is C24H33N3O4. The number of ether oxygens (including phenoxy) is 2. The van der Waals surface area contributed by atoms with Gasteiger partial charge in [0.25, 0.3) is 5.91 Å². The summed E-state index contributed by atoms with van der Waals surface area (Å²) in [5.74, 6) is 1.73. The lowest BCUT2D eigenvalue weighted by molar-refractivity contribution is -0.176. The van der Waals surface area contributed by atoms with Crippen LogP contribution in [0.4, 0.5) is 0 Å². The van der Waals surface area contributed by atoms with Gasteiger partial charge in [0, 0.05) is 19.1 Å². The Hall–Kier alpha value is -2.38. The minimum absolute atomic E-state index is 0.154. The van der Waals surface area contributed by atoms with Crippen LogP contribution in [0.2, 0.25) is 0 Å². The molecule has 1 aliphatic carbocycles. The molecule has 7 heteroatoms. The van der Waals surface area contributed by atoms with Gasteiger partial charge in [-0.2, -0.15) is 0 Å². The molecule has 3 N–H and O–H groups in total. The maximum Gasteiger partial charge on any atom is 0.286 e. The minimum Gasteiger partial charge on any atom is -0.459 e. The molecule has 31 heavy (non-hydrogen) atoms. The summed E-state index contributed by atoms with van der Waals surface area (Å²) in [5, 5.41) is 12.3. The second-order valence-corrected chi connectivity index (χ2v) is 8.51. The summed E-state index contributed by atoms with van der Waals surface area (Å²) in [7, 11) is 0. The highest BCUT2D eigenvalue weighted by atomic mass is 16.7. The zero-order valence-electron chi connectivity index (χ0n) is 18.2. The number of fused-ring (bicyclic) bond motifs is 1. The predicted octanol–water partition coefficient (Wildman–Crippen LogP) is 3.65. The molecule has 168 valence electrons. The zero-order valence-corrected chi connectivity index (χ0v) is 18.2. The maximum atomic E-state index is 13.0. The second kappa shape index (κ2) is 10.3. The average molecular weight is 428 g/mol. The van der Waals surface area contributed by atoms with Gasteiger partial charge in [0.1, 0.15) is 5.82 Å². The molecular weight excluding hydrogens is 394 g/mol. The molecule has 3 atom stereocenters. The summed E-state index contributed by atoms with van der Waals surface area (Å²) in [6.07, 6.45) is 7.90. The number of carbonyl (C=O) groups is 1. The van der Waals surface area contributed by atoms with Gasteiger partial charge < -0.3 is 24.9 Å². The number of carbonyl (C=O) groups excluding carboxylic acids is 1. The lowest BCUT2D eigenvalue weighted by atomic mass is 9.76. The van der Waals surface area contributed by atoms with Crippen molar-refractivity contribution >= 4 is 16.9 Å². The van der Waals surface area contributed by atoms with E-state index in [1.54, 1.807) is 0 Å². The first-order chi connectivity index (χ1) is 15.2. The number of aliphatic hydroxyl groups is 1. The average Bonchev–Trinajstić information content (AvgIpc) is 3.46. The first kappa shape index (κ1) is 21.8. The van der Waals surface area contributed by atoms with E-state index in [1.807, 2.05) is 37.3 Å². The molecule has 0 spiro atoms. The normalized spacial score (nSPS) is 24.2. The molecule has 4 rings (SSSR count). The zero-order chi connectivity index (χ0) is 21.6. The number of para-hydroxylation sites is 2. The van der Waals surface area contributed by atoms with E-state index in [0.717, 1.165) is 17.5 Å². The molecule has 2 heterocycles. The monoisotopic (exact) mass is 427 g/mol. The van der Waals surface area contributed by atoms with Crippen molar-refractivity contribution in [3.63, 3.8) is 0 Å². The summed E-state index contributed by atoms with van der Waals surface area (Å²) >= 11 is 0. The van der Waals surface area contributed by atoms with Gasteiger partial charge in [-0.3, -0.25) is 4.79 Å². The molecule has 1 fully saturated rings.